The van der Waals surface area contributed by atoms with Crippen molar-refractivity contribution < 1.29 is 4.79 Å². The van der Waals surface area contributed by atoms with Crippen LogP contribution in [0.4, 0.5) is 11.4 Å². The molecule has 1 heterocycles. The van der Waals surface area contributed by atoms with E-state index in [1.165, 1.54) is 0 Å². The molecule has 110 valence electrons. The molecule has 2 aromatic rings. The third-order valence-corrected chi connectivity index (χ3v) is 3.54. The fourth-order valence-corrected chi connectivity index (χ4v) is 2.22. The molecule has 0 saturated carbocycles. The molecule has 0 N–H and O–H groups in total. The zero-order valence-corrected chi connectivity index (χ0v) is 12.8. The molecule has 2 rings (SSSR count). The fourth-order valence-electron chi connectivity index (χ4n) is 2.22. The highest BCUT2D eigenvalue weighted by Crippen LogP contribution is 2.23. The Morgan fingerprint density at radius 2 is 1.71 bits per heavy atom. The molecule has 0 radical (unpaired) electrons. The maximum atomic E-state index is 12.4. The summed E-state index contributed by atoms with van der Waals surface area (Å²) in [6.07, 6.45) is 1.69. The molecule has 0 aliphatic heterocycles. The van der Waals surface area contributed by atoms with Crippen molar-refractivity contribution in [3.05, 3.63) is 54.4 Å². The van der Waals surface area contributed by atoms with Gasteiger partial charge in [-0.2, -0.15) is 0 Å². The number of hydrogen-bond acceptors (Lipinski definition) is 3. The van der Waals surface area contributed by atoms with Gasteiger partial charge in [0.1, 0.15) is 5.69 Å². The Hall–Kier alpha value is -2.36. The van der Waals surface area contributed by atoms with Crippen molar-refractivity contribution >= 4 is 17.3 Å². The smallest absolute Gasteiger partial charge is 0.272 e. The van der Waals surface area contributed by atoms with Crippen LogP contribution in [-0.4, -0.2) is 35.9 Å². The Morgan fingerprint density at radius 3 is 2.33 bits per heavy atom. The molecule has 0 spiro atoms. The minimum absolute atomic E-state index is 0.0247. The monoisotopic (exact) mass is 283 g/mol. The Labute approximate surface area is 126 Å². The van der Waals surface area contributed by atoms with Crippen LogP contribution in [0, 0.1) is 0 Å². The predicted octanol–water partition coefficient (Wildman–Crippen LogP) is 3.33. The topological polar surface area (TPSA) is 36.4 Å². The van der Waals surface area contributed by atoms with E-state index in [1.807, 2.05) is 68.3 Å². The summed E-state index contributed by atoms with van der Waals surface area (Å²) in [7, 11) is 1.98. The van der Waals surface area contributed by atoms with E-state index < -0.39 is 0 Å². The Bertz CT molecular complexity index is 594. The summed E-state index contributed by atoms with van der Waals surface area (Å²) in [4.78, 5) is 20.4. The minimum Gasteiger partial charge on any atom is -0.345 e. The SMILES string of the molecule is CCN(CC)C(=O)c1cc(N(C)c2ccccc2)ccn1. The van der Waals surface area contributed by atoms with Crippen LogP contribution < -0.4 is 4.90 Å². The molecule has 0 atom stereocenters. The van der Waals surface area contributed by atoms with Gasteiger partial charge in [0.25, 0.3) is 5.91 Å². The van der Waals surface area contributed by atoms with Crippen LogP contribution >= 0.6 is 0 Å². The molecule has 4 heteroatoms. The Morgan fingerprint density at radius 1 is 1.05 bits per heavy atom. The molecule has 0 bridgehead atoms. The molecule has 0 fully saturated rings. The van der Waals surface area contributed by atoms with Crippen molar-refractivity contribution in [3.63, 3.8) is 0 Å². The zero-order valence-electron chi connectivity index (χ0n) is 12.8. The molecular formula is C17H21N3O. The second-order valence-electron chi connectivity index (χ2n) is 4.77. The number of nitrogens with zero attached hydrogens (tertiary/aromatic N) is 3. The van der Waals surface area contributed by atoms with E-state index >= 15 is 0 Å². The van der Waals surface area contributed by atoms with Gasteiger partial charge in [-0.3, -0.25) is 9.78 Å². The van der Waals surface area contributed by atoms with Crippen LogP contribution in [0.3, 0.4) is 0 Å². The van der Waals surface area contributed by atoms with E-state index in [0.29, 0.717) is 18.8 Å². The van der Waals surface area contributed by atoms with Crippen LogP contribution in [0.5, 0.6) is 0 Å². The average molecular weight is 283 g/mol. The molecular weight excluding hydrogens is 262 g/mol. The average Bonchev–Trinajstić information content (AvgIpc) is 2.56. The first-order valence-electron chi connectivity index (χ1n) is 7.21. The van der Waals surface area contributed by atoms with Crippen molar-refractivity contribution in [2.75, 3.05) is 25.0 Å². The van der Waals surface area contributed by atoms with Gasteiger partial charge in [0, 0.05) is 37.7 Å². The predicted molar refractivity (Wildman–Crippen MR) is 86.0 cm³/mol. The molecule has 0 aliphatic rings. The van der Waals surface area contributed by atoms with Gasteiger partial charge < -0.3 is 9.80 Å². The van der Waals surface area contributed by atoms with Gasteiger partial charge in [0.05, 0.1) is 0 Å². The number of hydrogen-bond donors (Lipinski definition) is 0. The van der Waals surface area contributed by atoms with Gasteiger partial charge in [-0.05, 0) is 38.1 Å². The van der Waals surface area contributed by atoms with Gasteiger partial charge in [-0.1, -0.05) is 18.2 Å². The van der Waals surface area contributed by atoms with Crippen LogP contribution in [0.1, 0.15) is 24.3 Å². The number of benzene rings is 1. The maximum Gasteiger partial charge on any atom is 0.272 e. The van der Waals surface area contributed by atoms with Crippen LogP contribution in [0.25, 0.3) is 0 Å². The summed E-state index contributed by atoms with van der Waals surface area (Å²) < 4.78 is 0. The van der Waals surface area contributed by atoms with Crippen molar-refractivity contribution in [3.8, 4) is 0 Å². The molecule has 1 aromatic heterocycles. The number of carbonyl (C=O) groups excluding carboxylic acids is 1. The highest BCUT2D eigenvalue weighted by atomic mass is 16.2. The summed E-state index contributed by atoms with van der Waals surface area (Å²) in [5.41, 5.74) is 2.51. The molecule has 1 aromatic carbocycles. The second-order valence-corrected chi connectivity index (χ2v) is 4.77. The molecule has 0 unspecified atom stereocenters. The van der Waals surface area contributed by atoms with Gasteiger partial charge in [-0.15, -0.1) is 0 Å². The lowest BCUT2D eigenvalue weighted by molar-refractivity contribution is 0.0767. The van der Waals surface area contributed by atoms with Crippen molar-refractivity contribution in [2.24, 2.45) is 0 Å². The lowest BCUT2D eigenvalue weighted by atomic mass is 10.2. The van der Waals surface area contributed by atoms with Gasteiger partial charge in [0.2, 0.25) is 0 Å². The zero-order chi connectivity index (χ0) is 15.2. The third-order valence-electron chi connectivity index (χ3n) is 3.54. The largest absolute Gasteiger partial charge is 0.345 e. The van der Waals surface area contributed by atoms with E-state index in [1.54, 1.807) is 11.1 Å². The van der Waals surface area contributed by atoms with Crippen molar-refractivity contribution in [1.82, 2.24) is 9.88 Å². The van der Waals surface area contributed by atoms with Crippen molar-refractivity contribution in [1.29, 1.82) is 0 Å². The Balaban J connectivity index is 2.27. The number of anilines is 2. The number of carbonyl (C=O) groups is 1. The minimum atomic E-state index is -0.0247. The number of aromatic nitrogens is 1. The van der Waals surface area contributed by atoms with Crippen LogP contribution in [0.15, 0.2) is 48.7 Å². The first-order valence-corrected chi connectivity index (χ1v) is 7.21. The van der Waals surface area contributed by atoms with Gasteiger partial charge >= 0.3 is 0 Å². The van der Waals surface area contributed by atoms with Gasteiger partial charge in [0.15, 0.2) is 0 Å². The maximum absolute atomic E-state index is 12.4. The molecule has 4 nitrogen and oxygen atoms in total. The number of para-hydroxylation sites is 1. The van der Waals surface area contributed by atoms with E-state index in [2.05, 4.69) is 4.98 Å². The second kappa shape index (κ2) is 6.88. The van der Waals surface area contributed by atoms with E-state index in [0.717, 1.165) is 11.4 Å². The molecule has 1 amide bonds. The number of pyridine rings is 1. The van der Waals surface area contributed by atoms with Gasteiger partial charge in [-0.25, -0.2) is 0 Å². The summed E-state index contributed by atoms with van der Waals surface area (Å²) in [6, 6.07) is 13.8. The fraction of sp³-hybridized carbons (Fsp3) is 0.294. The molecule has 21 heavy (non-hydrogen) atoms. The summed E-state index contributed by atoms with van der Waals surface area (Å²) in [5, 5.41) is 0. The normalized spacial score (nSPS) is 10.2. The highest BCUT2D eigenvalue weighted by Gasteiger charge is 2.15. The van der Waals surface area contributed by atoms with E-state index in [-0.39, 0.29) is 5.91 Å². The van der Waals surface area contributed by atoms with Crippen LogP contribution in [-0.2, 0) is 0 Å². The first kappa shape index (κ1) is 15.0. The lowest BCUT2D eigenvalue weighted by Crippen LogP contribution is -2.31. The van der Waals surface area contributed by atoms with E-state index in [9.17, 15) is 4.79 Å². The number of rotatable bonds is 5. The molecule has 0 saturated heterocycles. The Kier molecular flexibility index (Phi) is 4.93. The quantitative estimate of drug-likeness (QED) is 0.844. The van der Waals surface area contributed by atoms with E-state index in [4.69, 9.17) is 0 Å². The highest BCUT2D eigenvalue weighted by molar-refractivity contribution is 5.93. The lowest BCUT2D eigenvalue weighted by Gasteiger charge is -2.21. The standard InChI is InChI=1S/C17H21N3O/c1-4-20(5-2)17(21)16-13-15(11-12-18-16)19(3)14-9-7-6-8-10-14/h6-13H,4-5H2,1-3H3. The molecule has 0 aliphatic carbocycles. The first-order chi connectivity index (χ1) is 10.2. The number of amides is 1. The van der Waals surface area contributed by atoms with Crippen molar-refractivity contribution in [2.45, 2.75) is 13.8 Å². The summed E-state index contributed by atoms with van der Waals surface area (Å²) in [5.74, 6) is -0.0247. The summed E-state index contributed by atoms with van der Waals surface area (Å²) >= 11 is 0. The van der Waals surface area contributed by atoms with Crippen LogP contribution in [0.2, 0.25) is 0 Å². The third kappa shape index (κ3) is 3.40. The summed E-state index contributed by atoms with van der Waals surface area (Å²) in [6.45, 7) is 5.33.